The molecule has 0 aliphatic carbocycles. The Hall–Kier alpha value is 4.90. The summed E-state index contributed by atoms with van der Waals surface area (Å²) in [5, 5.41) is 0.616. The molecule has 0 aromatic rings. The molecule has 0 amide bonds. The van der Waals surface area contributed by atoms with Crippen molar-refractivity contribution in [3.8, 4) is 0 Å². The minimum Gasteiger partial charge on any atom is -0.179 e. The van der Waals surface area contributed by atoms with Gasteiger partial charge in [-0.25, -0.2) is 0 Å². The molecule has 1 saturated heterocycles. The number of thiol groups is 6. The Kier molecular flexibility index (Phi) is 24.8. The molecule has 4 unspecified atom stereocenters. The maximum atomic E-state index is 4.91. The molecule has 0 aromatic carbocycles. The van der Waals surface area contributed by atoms with Crippen LogP contribution in [0.2, 0.25) is 0 Å². The molecule has 192 valence electrons. The molecule has 1 heterocycles. The highest BCUT2D eigenvalue weighted by Crippen LogP contribution is 2.60. The molecule has 0 radical (unpaired) electrons. The minimum absolute atomic E-state index is 0.0226. The summed E-state index contributed by atoms with van der Waals surface area (Å²) in [5.41, 5.74) is 0. The second-order valence-corrected chi connectivity index (χ2v) is 20.9. The van der Waals surface area contributed by atoms with Gasteiger partial charge in [0.15, 0.2) is 0 Å². The lowest BCUT2D eigenvalue weighted by Crippen LogP contribution is -2.42. The Morgan fingerprint density at radius 1 is 0.719 bits per heavy atom. The second kappa shape index (κ2) is 22.7. The fourth-order valence-corrected chi connectivity index (χ4v) is 18.4. The predicted octanol–water partition coefficient (Wildman–Crippen LogP) is 7.49. The van der Waals surface area contributed by atoms with Gasteiger partial charge in [-0.1, -0.05) is 0 Å². The topological polar surface area (TPSA) is 0 Å². The van der Waals surface area contributed by atoms with Crippen molar-refractivity contribution in [2.45, 2.75) is 23.1 Å². The Bertz CT molecular complexity index is 442. The van der Waals surface area contributed by atoms with Crippen molar-refractivity contribution in [2.75, 3.05) is 74.8 Å². The van der Waals surface area contributed by atoms with Gasteiger partial charge in [0, 0.05) is 57.0 Å². The van der Waals surface area contributed by atoms with Gasteiger partial charge < -0.3 is 0 Å². The van der Waals surface area contributed by atoms with Crippen molar-refractivity contribution in [3.63, 3.8) is 0 Å². The minimum atomic E-state index is 0.0226. The first-order chi connectivity index (χ1) is 15.5. The Labute approximate surface area is 264 Å². The van der Waals surface area contributed by atoms with Crippen molar-refractivity contribution in [1.29, 1.82) is 0 Å². The van der Waals surface area contributed by atoms with Crippen LogP contribution in [0.4, 0.5) is 0 Å². The van der Waals surface area contributed by atoms with Gasteiger partial charge in [0.2, 0.25) is 0 Å². The summed E-state index contributed by atoms with van der Waals surface area (Å²) < 4.78 is 1.19. The van der Waals surface area contributed by atoms with Crippen LogP contribution in [-0.2, 0) is 0 Å². The van der Waals surface area contributed by atoms with E-state index >= 15 is 0 Å². The van der Waals surface area contributed by atoms with E-state index in [1.54, 1.807) is 0 Å². The Morgan fingerprint density at radius 3 is 2.00 bits per heavy atom. The zero-order valence-electron chi connectivity index (χ0n) is 18.0. The van der Waals surface area contributed by atoms with Gasteiger partial charge in [0.1, 0.15) is 0 Å². The van der Waals surface area contributed by atoms with Crippen molar-refractivity contribution >= 4 is 170 Å². The Balaban J connectivity index is 2.88. The zero-order valence-corrected chi connectivity index (χ0v) is 29.8. The van der Waals surface area contributed by atoms with Crippen molar-refractivity contribution in [1.82, 2.24) is 0 Å². The summed E-state index contributed by atoms with van der Waals surface area (Å²) >= 11 is 44.2. The maximum absolute atomic E-state index is 4.91. The van der Waals surface area contributed by atoms with Gasteiger partial charge in [0.25, 0.3) is 0 Å². The van der Waals surface area contributed by atoms with Gasteiger partial charge in [-0.3, -0.25) is 0 Å². The Morgan fingerprint density at radius 2 is 1.34 bits per heavy atom. The first kappa shape index (κ1) is 34.9. The number of rotatable bonds is 20. The normalized spacial score (nSPS) is 24.8. The third-order valence-corrected chi connectivity index (χ3v) is 20.3. The number of hydrogen-bond acceptors (Lipinski definition) is 14. The molecule has 0 spiro atoms. The molecule has 1 rings (SSSR count). The molecule has 32 heavy (non-hydrogen) atoms. The first-order valence-corrected chi connectivity index (χ1v) is 22.2. The quantitative estimate of drug-likeness (QED) is 0.0434. The zero-order chi connectivity index (χ0) is 23.7. The molecular formula is C18H36S14. The maximum Gasteiger partial charge on any atom is 0.0927 e. The SMILES string of the molecule is SCCSCCSCC(SCCS)C1SC(CSCCS)SC(CSCCS)(C(S)S)S1. The highest BCUT2D eigenvalue weighted by atomic mass is 32.3. The summed E-state index contributed by atoms with van der Waals surface area (Å²) in [6.45, 7) is 0. The molecule has 0 aromatic heterocycles. The molecule has 1 aliphatic rings. The lowest BCUT2D eigenvalue weighted by Gasteiger charge is -2.46. The van der Waals surface area contributed by atoms with Crippen molar-refractivity contribution in [3.05, 3.63) is 0 Å². The summed E-state index contributed by atoms with van der Waals surface area (Å²) in [4.78, 5) is 0. The van der Waals surface area contributed by atoms with Gasteiger partial charge in [-0.05, 0) is 23.0 Å². The van der Waals surface area contributed by atoms with E-state index < -0.39 is 0 Å². The highest BCUT2D eigenvalue weighted by Gasteiger charge is 2.47. The van der Waals surface area contributed by atoms with Crippen molar-refractivity contribution < 1.29 is 0 Å². The van der Waals surface area contributed by atoms with E-state index in [4.69, 9.17) is 25.3 Å². The van der Waals surface area contributed by atoms with E-state index in [2.05, 4.69) is 109 Å². The standard InChI is InChI=1S/C18H36S14/c19-1-5-25-9-10-27-11-14(29-8-4-22)16-30-15(12-26-6-2-20)31-18(32-16,17(23)24)13-28-7-3-21/h14-17,19-24H,1-13H2. The molecule has 1 aliphatic heterocycles. The van der Waals surface area contributed by atoms with E-state index in [0.717, 1.165) is 57.5 Å². The van der Waals surface area contributed by atoms with Crippen LogP contribution in [0.1, 0.15) is 0 Å². The molecule has 14 heteroatoms. The molecule has 1 fully saturated rings. The van der Waals surface area contributed by atoms with Crippen LogP contribution < -0.4 is 0 Å². The molecule has 0 nitrogen and oxygen atoms in total. The largest absolute Gasteiger partial charge is 0.179 e. The molecule has 0 N–H and O–H groups in total. The lowest BCUT2D eigenvalue weighted by atomic mass is 10.5. The van der Waals surface area contributed by atoms with Gasteiger partial charge in [-0.2, -0.15) is 135 Å². The van der Waals surface area contributed by atoms with Gasteiger partial charge >= 0.3 is 0 Å². The van der Waals surface area contributed by atoms with Gasteiger partial charge in [0.05, 0.1) is 17.8 Å². The van der Waals surface area contributed by atoms with E-state index in [0.29, 0.717) is 14.4 Å². The summed E-state index contributed by atoms with van der Waals surface area (Å²) in [5.74, 6) is 14.1. The average Bonchev–Trinajstić information content (AvgIpc) is 2.78. The highest BCUT2D eigenvalue weighted by molar-refractivity contribution is 8.36. The van der Waals surface area contributed by atoms with Crippen LogP contribution in [-0.4, -0.2) is 97.9 Å². The average molecular weight is 701 g/mol. The van der Waals surface area contributed by atoms with Gasteiger partial charge in [-0.15, -0.1) is 35.3 Å². The monoisotopic (exact) mass is 700 g/mol. The molecule has 0 bridgehead atoms. The van der Waals surface area contributed by atoms with Crippen LogP contribution in [0.3, 0.4) is 0 Å². The first-order valence-electron chi connectivity index (χ1n) is 10.3. The van der Waals surface area contributed by atoms with Crippen LogP contribution in [0, 0.1) is 0 Å². The van der Waals surface area contributed by atoms with E-state index in [-0.39, 0.29) is 8.66 Å². The van der Waals surface area contributed by atoms with Crippen LogP contribution in [0.15, 0.2) is 0 Å². The number of hydrogen-bond donors (Lipinski definition) is 6. The third-order valence-electron chi connectivity index (χ3n) is 3.97. The fraction of sp³-hybridized carbons (Fsp3) is 1.00. The van der Waals surface area contributed by atoms with Crippen molar-refractivity contribution in [2.24, 2.45) is 0 Å². The van der Waals surface area contributed by atoms with E-state index in [1.165, 1.54) is 17.3 Å². The van der Waals surface area contributed by atoms with Crippen LogP contribution in [0.25, 0.3) is 0 Å². The third kappa shape index (κ3) is 14.9. The second-order valence-electron chi connectivity index (χ2n) is 6.47. The summed E-state index contributed by atoms with van der Waals surface area (Å²) in [6, 6.07) is 0. The lowest BCUT2D eigenvalue weighted by molar-refractivity contribution is 0.988. The van der Waals surface area contributed by atoms with E-state index in [1.807, 2.05) is 35.3 Å². The smallest absolute Gasteiger partial charge is 0.0927 e. The molecule has 4 atom stereocenters. The molecular weight excluding hydrogens is 665 g/mol. The summed E-state index contributed by atoms with van der Waals surface area (Å²) in [7, 11) is 0. The van der Waals surface area contributed by atoms with E-state index in [9.17, 15) is 0 Å². The number of thioether (sulfide) groups is 8. The fourth-order valence-electron chi connectivity index (χ4n) is 2.57. The summed E-state index contributed by atoms with van der Waals surface area (Å²) in [6.07, 6.45) is 0. The van der Waals surface area contributed by atoms with Crippen LogP contribution >= 0.6 is 170 Å². The predicted molar refractivity (Wildman–Crippen MR) is 196 cm³/mol. The molecule has 0 saturated carbocycles. The van der Waals surface area contributed by atoms with Crippen LogP contribution in [0.5, 0.6) is 0 Å².